The van der Waals surface area contributed by atoms with Crippen LogP contribution in [0.25, 0.3) is 10.1 Å². The molecule has 0 bridgehead atoms. The molecule has 1 N–H and O–H groups in total. The number of aryl methyl sites for hydroxylation is 3. The van der Waals surface area contributed by atoms with Crippen molar-refractivity contribution in [3.8, 4) is 0 Å². The summed E-state index contributed by atoms with van der Waals surface area (Å²) in [5.74, 6) is 0. The van der Waals surface area contributed by atoms with Crippen LogP contribution in [0.3, 0.4) is 0 Å². The Balaban J connectivity index is 1.93. The van der Waals surface area contributed by atoms with Crippen molar-refractivity contribution in [3.05, 3.63) is 69.6 Å². The second-order valence-electron chi connectivity index (χ2n) is 5.77. The van der Waals surface area contributed by atoms with E-state index >= 15 is 0 Å². The van der Waals surface area contributed by atoms with Crippen molar-refractivity contribution in [2.45, 2.75) is 33.3 Å². The summed E-state index contributed by atoms with van der Waals surface area (Å²) in [5, 5.41) is 14.1. The number of aliphatic hydroxyl groups excluding tert-OH is 1. The second-order valence-corrected chi connectivity index (χ2v) is 6.68. The highest BCUT2D eigenvalue weighted by atomic mass is 32.1. The summed E-state index contributed by atoms with van der Waals surface area (Å²) < 4.78 is 1.29. The monoisotopic (exact) mass is 296 g/mol. The SMILES string of the molecule is Cc1cc(C)c(C(O)Cc2csc3ccccc23)cc1C. The first kappa shape index (κ1) is 14.3. The van der Waals surface area contributed by atoms with Crippen LogP contribution in [0.4, 0.5) is 0 Å². The smallest absolute Gasteiger partial charge is 0.0833 e. The van der Waals surface area contributed by atoms with E-state index in [-0.39, 0.29) is 0 Å². The third-order valence-corrected chi connectivity index (χ3v) is 5.23. The zero-order valence-electron chi connectivity index (χ0n) is 12.7. The summed E-state index contributed by atoms with van der Waals surface area (Å²) >= 11 is 1.75. The van der Waals surface area contributed by atoms with Gasteiger partial charge in [-0.3, -0.25) is 0 Å². The molecule has 0 amide bonds. The Hall–Kier alpha value is -1.64. The Kier molecular flexibility index (Phi) is 3.83. The summed E-state index contributed by atoms with van der Waals surface area (Å²) in [5.41, 5.74) is 5.98. The summed E-state index contributed by atoms with van der Waals surface area (Å²) in [6, 6.07) is 12.7. The fourth-order valence-electron chi connectivity index (χ4n) is 2.85. The van der Waals surface area contributed by atoms with Gasteiger partial charge < -0.3 is 5.11 Å². The van der Waals surface area contributed by atoms with E-state index in [4.69, 9.17) is 0 Å². The van der Waals surface area contributed by atoms with Gasteiger partial charge in [-0.25, -0.2) is 0 Å². The molecule has 0 saturated heterocycles. The first-order valence-corrected chi connectivity index (χ1v) is 8.15. The Bertz CT molecular complexity index is 785. The van der Waals surface area contributed by atoms with Gasteiger partial charge in [-0.2, -0.15) is 0 Å². The molecule has 0 aliphatic rings. The first-order chi connectivity index (χ1) is 10.1. The molecule has 2 heteroatoms. The highest BCUT2D eigenvalue weighted by Gasteiger charge is 2.14. The van der Waals surface area contributed by atoms with Gasteiger partial charge in [0.15, 0.2) is 0 Å². The fraction of sp³-hybridized carbons (Fsp3) is 0.263. The Labute approximate surface area is 129 Å². The molecule has 1 heterocycles. The average molecular weight is 296 g/mol. The van der Waals surface area contributed by atoms with Gasteiger partial charge in [-0.05, 0) is 65.4 Å². The van der Waals surface area contributed by atoms with E-state index in [0.29, 0.717) is 6.42 Å². The van der Waals surface area contributed by atoms with Crippen LogP contribution in [0.5, 0.6) is 0 Å². The maximum atomic E-state index is 10.7. The van der Waals surface area contributed by atoms with Crippen molar-refractivity contribution in [2.75, 3.05) is 0 Å². The van der Waals surface area contributed by atoms with E-state index in [1.165, 1.54) is 32.3 Å². The summed E-state index contributed by atoms with van der Waals surface area (Å²) in [6.07, 6.45) is 0.232. The number of rotatable bonds is 3. The van der Waals surface area contributed by atoms with Gasteiger partial charge in [-0.1, -0.05) is 30.3 Å². The van der Waals surface area contributed by atoms with Gasteiger partial charge in [0.2, 0.25) is 0 Å². The third kappa shape index (κ3) is 2.74. The normalized spacial score (nSPS) is 12.8. The predicted molar refractivity (Wildman–Crippen MR) is 91.1 cm³/mol. The van der Waals surface area contributed by atoms with Crippen molar-refractivity contribution >= 4 is 21.4 Å². The number of thiophene rings is 1. The van der Waals surface area contributed by atoms with E-state index in [0.717, 1.165) is 5.56 Å². The lowest BCUT2D eigenvalue weighted by atomic mass is 9.94. The molecule has 0 aliphatic heterocycles. The fourth-order valence-corrected chi connectivity index (χ4v) is 3.83. The minimum atomic E-state index is -0.442. The van der Waals surface area contributed by atoms with Gasteiger partial charge in [0.05, 0.1) is 6.10 Å². The van der Waals surface area contributed by atoms with E-state index in [1.807, 2.05) is 0 Å². The zero-order valence-corrected chi connectivity index (χ0v) is 13.5. The van der Waals surface area contributed by atoms with E-state index in [2.05, 4.69) is 62.5 Å². The van der Waals surface area contributed by atoms with Crippen molar-refractivity contribution in [1.29, 1.82) is 0 Å². The number of hydrogen-bond acceptors (Lipinski definition) is 2. The lowest BCUT2D eigenvalue weighted by Gasteiger charge is -2.16. The molecule has 3 aromatic rings. The molecule has 0 fully saturated rings. The van der Waals surface area contributed by atoms with Gasteiger partial charge in [-0.15, -0.1) is 11.3 Å². The predicted octanol–water partition coefficient (Wildman–Crippen LogP) is 5.10. The van der Waals surface area contributed by atoms with Crippen molar-refractivity contribution < 1.29 is 5.11 Å². The standard InChI is InChI=1S/C19H20OS/c1-12-8-14(3)17(9-13(12)2)18(20)10-15-11-21-19-7-5-4-6-16(15)19/h4-9,11,18,20H,10H2,1-3H3. The van der Waals surface area contributed by atoms with Crippen LogP contribution < -0.4 is 0 Å². The van der Waals surface area contributed by atoms with Crippen LogP contribution in [0.15, 0.2) is 41.8 Å². The molecule has 0 aliphatic carbocycles. The number of aliphatic hydroxyl groups is 1. The van der Waals surface area contributed by atoms with E-state index in [9.17, 15) is 5.11 Å². The second kappa shape index (κ2) is 5.63. The molecule has 0 radical (unpaired) electrons. The third-order valence-electron chi connectivity index (χ3n) is 4.22. The topological polar surface area (TPSA) is 20.2 Å². The molecule has 2 aromatic carbocycles. The number of hydrogen-bond donors (Lipinski definition) is 1. The van der Waals surface area contributed by atoms with Crippen LogP contribution in [-0.4, -0.2) is 5.11 Å². The van der Waals surface area contributed by atoms with E-state index < -0.39 is 6.10 Å². The van der Waals surface area contributed by atoms with Crippen LogP contribution in [0.1, 0.15) is 33.9 Å². The molecule has 0 saturated carbocycles. The minimum Gasteiger partial charge on any atom is -0.388 e. The number of benzene rings is 2. The highest BCUT2D eigenvalue weighted by Crippen LogP contribution is 2.31. The van der Waals surface area contributed by atoms with Gasteiger partial charge >= 0.3 is 0 Å². The summed E-state index contributed by atoms with van der Waals surface area (Å²) in [6.45, 7) is 6.30. The van der Waals surface area contributed by atoms with Crippen LogP contribution in [-0.2, 0) is 6.42 Å². The lowest BCUT2D eigenvalue weighted by Crippen LogP contribution is -2.04. The van der Waals surface area contributed by atoms with Gasteiger partial charge in [0, 0.05) is 11.1 Å². The molecular weight excluding hydrogens is 276 g/mol. The lowest BCUT2D eigenvalue weighted by molar-refractivity contribution is 0.178. The first-order valence-electron chi connectivity index (χ1n) is 7.27. The van der Waals surface area contributed by atoms with E-state index in [1.54, 1.807) is 11.3 Å². The molecule has 3 rings (SSSR count). The average Bonchev–Trinajstić information content (AvgIpc) is 2.86. The zero-order chi connectivity index (χ0) is 15.0. The molecule has 0 spiro atoms. The molecule has 1 unspecified atom stereocenters. The van der Waals surface area contributed by atoms with Crippen molar-refractivity contribution in [1.82, 2.24) is 0 Å². The van der Waals surface area contributed by atoms with Crippen molar-refractivity contribution in [3.63, 3.8) is 0 Å². The van der Waals surface area contributed by atoms with Crippen LogP contribution >= 0.6 is 11.3 Å². The summed E-state index contributed by atoms with van der Waals surface area (Å²) in [4.78, 5) is 0. The Morgan fingerprint density at radius 2 is 1.71 bits per heavy atom. The summed E-state index contributed by atoms with van der Waals surface area (Å²) in [7, 11) is 0. The van der Waals surface area contributed by atoms with Crippen molar-refractivity contribution in [2.24, 2.45) is 0 Å². The minimum absolute atomic E-state index is 0.442. The molecular formula is C19H20OS. The highest BCUT2D eigenvalue weighted by molar-refractivity contribution is 7.17. The maximum Gasteiger partial charge on any atom is 0.0833 e. The molecule has 21 heavy (non-hydrogen) atoms. The maximum absolute atomic E-state index is 10.7. The molecule has 108 valence electrons. The Morgan fingerprint density at radius 3 is 2.52 bits per heavy atom. The molecule has 1 aromatic heterocycles. The quantitative estimate of drug-likeness (QED) is 0.712. The van der Waals surface area contributed by atoms with Gasteiger partial charge in [0.25, 0.3) is 0 Å². The largest absolute Gasteiger partial charge is 0.388 e. The van der Waals surface area contributed by atoms with Gasteiger partial charge in [0.1, 0.15) is 0 Å². The number of fused-ring (bicyclic) bond motifs is 1. The van der Waals surface area contributed by atoms with Crippen LogP contribution in [0, 0.1) is 20.8 Å². The Morgan fingerprint density at radius 1 is 1.00 bits per heavy atom. The molecule has 1 nitrogen and oxygen atoms in total. The molecule has 1 atom stereocenters. The van der Waals surface area contributed by atoms with Crippen LogP contribution in [0.2, 0.25) is 0 Å².